The molecule has 0 saturated carbocycles. The predicted molar refractivity (Wildman–Crippen MR) is 80.2 cm³/mol. The number of aryl methyl sites for hydroxylation is 2. The van der Waals surface area contributed by atoms with Crippen LogP contribution < -0.4 is 5.32 Å². The molecule has 112 valence electrons. The molecule has 1 aliphatic heterocycles. The summed E-state index contributed by atoms with van der Waals surface area (Å²) in [5, 5.41) is 8.14. The molecular weight excluding hydrogens is 276 g/mol. The van der Waals surface area contributed by atoms with Gasteiger partial charge in [0, 0.05) is 45.2 Å². The molecule has 1 N–H and O–H groups in total. The Hall–Kier alpha value is -0.910. The summed E-state index contributed by atoms with van der Waals surface area (Å²) in [5.74, 6) is 0.192. The second kappa shape index (κ2) is 5.84. The molecule has 20 heavy (non-hydrogen) atoms. The molecule has 1 fully saturated rings. The van der Waals surface area contributed by atoms with Crippen LogP contribution >= 0.6 is 11.6 Å². The summed E-state index contributed by atoms with van der Waals surface area (Å²) < 4.78 is 1.62. The van der Waals surface area contributed by atoms with Gasteiger partial charge in [0.2, 0.25) is 0 Å². The van der Waals surface area contributed by atoms with Crippen LogP contribution in [-0.2, 0) is 18.3 Å². The summed E-state index contributed by atoms with van der Waals surface area (Å²) in [6, 6.07) is 0. The highest BCUT2D eigenvalue weighted by Crippen LogP contribution is 2.24. The van der Waals surface area contributed by atoms with E-state index in [1.54, 1.807) is 11.7 Å². The van der Waals surface area contributed by atoms with E-state index in [9.17, 15) is 4.79 Å². The van der Waals surface area contributed by atoms with Crippen LogP contribution in [-0.4, -0.2) is 52.2 Å². The van der Waals surface area contributed by atoms with E-state index in [2.05, 4.69) is 15.3 Å². The van der Waals surface area contributed by atoms with E-state index in [0.717, 1.165) is 37.4 Å². The fourth-order valence-electron chi connectivity index (χ4n) is 2.65. The largest absolute Gasteiger partial charge is 0.314 e. The van der Waals surface area contributed by atoms with Gasteiger partial charge in [-0.1, -0.05) is 11.6 Å². The zero-order valence-corrected chi connectivity index (χ0v) is 13.4. The van der Waals surface area contributed by atoms with Gasteiger partial charge in [0.1, 0.15) is 5.15 Å². The zero-order valence-electron chi connectivity index (χ0n) is 12.7. The third kappa shape index (κ3) is 2.90. The SMILES string of the molecule is Cc1nn(C)c(Cl)c1CC(=O)C(C)(C)N1CCNCC1. The van der Waals surface area contributed by atoms with E-state index < -0.39 is 5.54 Å². The fourth-order valence-corrected chi connectivity index (χ4v) is 2.89. The molecule has 6 heteroatoms. The van der Waals surface area contributed by atoms with Crippen LogP contribution in [0.4, 0.5) is 0 Å². The van der Waals surface area contributed by atoms with Gasteiger partial charge in [0.05, 0.1) is 11.2 Å². The molecule has 0 amide bonds. The molecule has 2 heterocycles. The van der Waals surface area contributed by atoms with Crippen LogP contribution in [0.25, 0.3) is 0 Å². The third-order valence-electron chi connectivity index (χ3n) is 4.20. The lowest BCUT2D eigenvalue weighted by molar-refractivity contribution is -0.129. The lowest BCUT2D eigenvalue weighted by atomic mass is 9.91. The van der Waals surface area contributed by atoms with Crippen molar-refractivity contribution in [2.75, 3.05) is 26.2 Å². The number of nitrogens with zero attached hydrogens (tertiary/aromatic N) is 3. The molecule has 5 nitrogen and oxygen atoms in total. The van der Waals surface area contributed by atoms with Gasteiger partial charge in [-0.05, 0) is 20.8 Å². The quantitative estimate of drug-likeness (QED) is 0.907. The number of ketones is 1. The number of Topliss-reactive ketones (excluding diaryl/α,β-unsaturated/α-hetero) is 1. The van der Waals surface area contributed by atoms with Crippen LogP contribution in [0.2, 0.25) is 5.15 Å². The minimum absolute atomic E-state index is 0.192. The molecule has 0 aliphatic carbocycles. The molecule has 0 bridgehead atoms. The Morgan fingerprint density at radius 3 is 2.50 bits per heavy atom. The molecule has 0 spiro atoms. The van der Waals surface area contributed by atoms with Crippen LogP contribution in [0.3, 0.4) is 0 Å². The first kappa shape index (κ1) is 15.5. The van der Waals surface area contributed by atoms with Crippen molar-refractivity contribution in [3.05, 3.63) is 16.4 Å². The van der Waals surface area contributed by atoms with Gasteiger partial charge in [-0.2, -0.15) is 5.10 Å². The number of aromatic nitrogens is 2. The highest BCUT2D eigenvalue weighted by molar-refractivity contribution is 6.30. The highest BCUT2D eigenvalue weighted by Gasteiger charge is 2.35. The average molecular weight is 299 g/mol. The Kier molecular flexibility index (Phi) is 4.52. The number of rotatable bonds is 4. The first-order valence-electron chi connectivity index (χ1n) is 7.01. The van der Waals surface area contributed by atoms with E-state index in [0.29, 0.717) is 11.6 Å². The summed E-state index contributed by atoms with van der Waals surface area (Å²) in [7, 11) is 1.80. The van der Waals surface area contributed by atoms with Crippen molar-refractivity contribution < 1.29 is 4.79 Å². The van der Waals surface area contributed by atoms with Crippen LogP contribution in [0.5, 0.6) is 0 Å². The summed E-state index contributed by atoms with van der Waals surface area (Å²) >= 11 is 6.22. The lowest BCUT2D eigenvalue weighted by Gasteiger charge is -2.40. The van der Waals surface area contributed by atoms with Gasteiger partial charge in [-0.3, -0.25) is 14.4 Å². The second-order valence-electron chi connectivity index (χ2n) is 5.87. The molecule has 1 aromatic rings. The highest BCUT2D eigenvalue weighted by atomic mass is 35.5. The van der Waals surface area contributed by atoms with E-state index in [1.807, 2.05) is 20.8 Å². The Morgan fingerprint density at radius 1 is 1.40 bits per heavy atom. The summed E-state index contributed by atoms with van der Waals surface area (Å²) in [6.45, 7) is 9.57. The molecule has 1 aromatic heterocycles. The number of nitrogens with one attached hydrogen (secondary N) is 1. The van der Waals surface area contributed by atoms with Crippen molar-refractivity contribution >= 4 is 17.4 Å². The van der Waals surface area contributed by atoms with Gasteiger partial charge >= 0.3 is 0 Å². The summed E-state index contributed by atoms with van der Waals surface area (Å²) in [4.78, 5) is 14.9. The van der Waals surface area contributed by atoms with Crippen molar-refractivity contribution in [3.8, 4) is 0 Å². The van der Waals surface area contributed by atoms with Gasteiger partial charge in [0.15, 0.2) is 5.78 Å². The standard InChI is InChI=1S/C14H23ClN4O/c1-10-11(13(15)18(4)17-10)9-12(20)14(2,3)19-7-5-16-6-8-19/h16H,5-9H2,1-4H3. The van der Waals surface area contributed by atoms with Gasteiger partial charge < -0.3 is 5.32 Å². The van der Waals surface area contributed by atoms with Crippen molar-refractivity contribution in [3.63, 3.8) is 0 Å². The molecular formula is C14H23ClN4O. The van der Waals surface area contributed by atoms with E-state index in [1.165, 1.54) is 0 Å². The van der Waals surface area contributed by atoms with Gasteiger partial charge in [0.25, 0.3) is 0 Å². The number of hydrogen-bond acceptors (Lipinski definition) is 4. The first-order valence-corrected chi connectivity index (χ1v) is 7.39. The molecule has 1 aliphatic rings. The number of halogens is 1. The minimum atomic E-state index is -0.465. The topological polar surface area (TPSA) is 50.2 Å². The van der Waals surface area contributed by atoms with Crippen molar-refractivity contribution in [2.24, 2.45) is 7.05 Å². The number of piperazine rings is 1. The maximum absolute atomic E-state index is 12.7. The smallest absolute Gasteiger partial charge is 0.157 e. The number of hydrogen-bond donors (Lipinski definition) is 1. The Labute approximate surface area is 125 Å². The normalized spacial score (nSPS) is 17.4. The Balaban J connectivity index is 2.14. The van der Waals surface area contributed by atoms with E-state index >= 15 is 0 Å². The average Bonchev–Trinajstić information content (AvgIpc) is 2.66. The minimum Gasteiger partial charge on any atom is -0.314 e. The van der Waals surface area contributed by atoms with Crippen LogP contribution in [0.15, 0.2) is 0 Å². The van der Waals surface area contributed by atoms with E-state index in [4.69, 9.17) is 11.6 Å². The first-order chi connectivity index (χ1) is 9.34. The zero-order chi connectivity index (χ0) is 14.9. The van der Waals surface area contributed by atoms with Crippen LogP contribution in [0.1, 0.15) is 25.1 Å². The fraction of sp³-hybridized carbons (Fsp3) is 0.714. The monoisotopic (exact) mass is 298 g/mol. The number of carbonyl (C=O) groups is 1. The van der Waals surface area contributed by atoms with Crippen molar-refractivity contribution in [1.29, 1.82) is 0 Å². The molecule has 0 aromatic carbocycles. The molecule has 0 unspecified atom stereocenters. The maximum Gasteiger partial charge on any atom is 0.157 e. The third-order valence-corrected chi connectivity index (χ3v) is 4.67. The second-order valence-corrected chi connectivity index (χ2v) is 6.23. The Morgan fingerprint density at radius 2 is 2.00 bits per heavy atom. The number of carbonyl (C=O) groups excluding carboxylic acids is 1. The molecule has 2 rings (SSSR count). The van der Waals surface area contributed by atoms with Crippen molar-refractivity contribution in [1.82, 2.24) is 20.0 Å². The molecule has 0 atom stereocenters. The van der Waals surface area contributed by atoms with E-state index in [-0.39, 0.29) is 5.78 Å². The van der Waals surface area contributed by atoms with Gasteiger partial charge in [-0.15, -0.1) is 0 Å². The summed E-state index contributed by atoms with van der Waals surface area (Å²) in [5.41, 5.74) is 1.22. The van der Waals surface area contributed by atoms with Gasteiger partial charge in [-0.25, -0.2) is 0 Å². The Bertz CT molecular complexity index is 504. The molecule has 1 saturated heterocycles. The predicted octanol–water partition coefficient (Wildman–Crippen LogP) is 1.18. The maximum atomic E-state index is 12.7. The summed E-state index contributed by atoms with van der Waals surface area (Å²) in [6.07, 6.45) is 0.343. The lowest BCUT2D eigenvalue weighted by Crippen LogP contribution is -2.57. The molecule has 0 radical (unpaired) electrons. The van der Waals surface area contributed by atoms with Crippen molar-refractivity contribution in [2.45, 2.75) is 32.7 Å². The van der Waals surface area contributed by atoms with Crippen LogP contribution in [0, 0.1) is 6.92 Å².